The number of carbonyl (C=O) groups excluding carboxylic acids is 1. The fourth-order valence-corrected chi connectivity index (χ4v) is 1.45. The van der Waals surface area contributed by atoms with Crippen LogP contribution in [0.25, 0.3) is 0 Å². The molecule has 1 aromatic carbocycles. The molecule has 0 radical (unpaired) electrons. The Hall–Kier alpha value is -0.363. The zero-order valence-corrected chi connectivity index (χ0v) is 8.86. The molecule has 1 aromatic rings. The molecule has 0 heterocycles. The second-order valence-electron chi connectivity index (χ2n) is 2.35. The van der Waals surface area contributed by atoms with Crippen LogP contribution in [0.2, 0.25) is 0 Å². The first kappa shape index (κ1) is 13.6. The van der Waals surface area contributed by atoms with Crippen LogP contribution >= 0.6 is 7.60 Å². The Morgan fingerprint density at radius 1 is 1.36 bits per heavy atom. The molecule has 0 aliphatic heterocycles. The summed E-state index contributed by atoms with van der Waals surface area (Å²) in [4.78, 5) is 22.2. The molecule has 0 aliphatic rings. The van der Waals surface area contributed by atoms with Crippen LogP contribution in [0.5, 0.6) is 0 Å². The summed E-state index contributed by atoms with van der Waals surface area (Å²) in [6.07, 6.45) is 0. The summed E-state index contributed by atoms with van der Waals surface area (Å²) in [6, 6.07) is 7.71. The second kappa shape index (κ2) is 5.50. The van der Waals surface area contributed by atoms with Crippen LogP contribution in [0.1, 0.15) is 10.4 Å². The van der Waals surface area contributed by atoms with E-state index in [1.165, 1.54) is 12.1 Å². The maximum absolute atomic E-state index is 11.2. The minimum Gasteiger partial charge on any atom is -0.773 e. The van der Waals surface area contributed by atoms with Gasteiger partial charge >= 0.3 is 18.9 Å². The van der Waals surface area contributed by atoms with Crippen molar-refractivity contribution in [2.45, 2.75) is 0 Å². The first-order valence-corrected chi connectivity index (χ1v) is 5.09. The monoisotopic (exact) mass is 206 g/mol. The summed E-state index contributed by atoms with van der Waals surface area (Å²) in [7, 11) is -3.41. The second-order valence-corrected chi connectivity index (χ2v) is 4.12. The summed E-state index contributed by atoms with van der Waals surface area (Å²) in [5.41, 5.74) is -0.877. The van der Waals surface area contributed by atoms with E-state index in [9.17, 15) is 14.3 Å². The Kier molecular flexibility index (Phi) is 5.36. The van der Waals surface area contributed by atoms with Crippen LogP contribution in [-0.4, -0.2) is 12.6 Å². The van der Waals surface area contributed by atoms with Crippen LogP contribution in [0.4, 0.5) is 0 Å². The van der Waals surface area contributed by atoms with Crippen LogP contribution in [0.15, 0.2) is 30.3 Å². The molecule has 1 atom stereocenters. The Balaban J connectivity index is 0.00000169. The molecule has 70 valence electrons. The van der Waals surface area contributed by atoms with E-state index in [0.717, 1.165) is 7.11 Å². The van der Waals surface area contributed by atoms with Crippen LogP contribution < -0.4 is 23.8 Å². The molecule has 6 heteroatoms. The van der Waals surface area contributed by atoms with E-state index in [-0.39, 0.29) is 24.4 Å². The van der Waals surface area contributed by atoms with E-state index >= 15 is 0 Å². The van der Waals surface area contributed by atoms with Crippen molar-refractivity contribution in [2.24, 2.45) is 0 Å². The van der Waals surface area contributed by atoms with E-state index in [1.54, 1.807) is 18.2 Å². The minimum atomic E-state index is -4.38. The normalized spacial score (nSPS) is 13.9. The van der Waals surface area contributed by atoms with Crippen molar-refractivity contribution in [3.05, 3.63) is 35.9 Å². The van der Waals surface area contributed by atoms with Gasteiger partial charge in [-0.05, 0) is 0 Å². The van der Waals surface area contributed by atoms with Gasteiger partial charge in [-0.15, -0.1) is 0 Å². The SMILES string of the molecule is COP(=O)([O-])C(=O)c1ccccc1.[Li+]. The van der Waals surface area contributed by atoms with Crippen LogP contribution in [-0.2, 0) is 9.09 Å². The summed E-state index contributed by atoms with van der Waals surface area (Å²) in [5.74, 6) is 0. The Bertz CT molecular complexity index is 352. The first-order valence-electron chi connectivity index (χ1n) is 3.54. The van der Waals surface area contributed by atoms with Crippen molar-refractivity contribution in [3.63, 3.8) is 0 Å². The van der Waals surface area contributed by atoms with Gasteiger partial charge in [0.15, 0.2) is 0 Å². The Morgan fingerprint density at radius 2 is 1.86 bits per heavy atom. The molecule has 0 aliphatic carbocycles. The van der Waals surface area contributed by atoms with Gasteiger partial charge in [0.25, 0.3) is 0 Å². The Morgan fingerprint density at radius 3 is 2.29 bits per heavy atom. The zero-order chi connectivity index (χ0) is 9.90. The third-order valence-electron chi connectivity index (χ3n) is 1.51. The summed E-state index contributed by atoms with van der Waals surface area (Å²) in [5, 5.41) is 0. The van der Waals surface area contributed by atoms with E-state index in [2.05, 4.69) is 4.52 Å². The average Bonchev–Trinajstić information content (AvgIpc) is 2.18. The maximum Gasteiger partial charge on any atom is 1.00 e. The predicted octanol–water partition coefficient (Wildman–Crippen LogP) is -1.97. The first-order chi connectivity index (χ1) is 6.08. The summed E-state index contributed by atoms with van der Waals surface area (Å²) >= 11 is 0. The van der Waals surface area contributed by atoms with Crippen molar-refractivity contribution < 1.29 is 37.6 Å². The van der Waals surface area contributed by atoms with Gasteiger partial charge in [-0.3, -0.25) is 4.79 Å². The number of hydrogen-bond donors (Lipinski definition) is 0. The molecule has 0 aromatic heterocycles. The molecule has 14 heavy (non-hydrogen) atoms. The standard InChI is InChI=1S/C8H9O4P.Li/c1-12-13(10,11)8(9)7-5-3-2-4-6-7;/h2-6H,1H3,(H,10,11);/q;+1/p-1. The van der Waals surface area contributed by atoms with Crippen molar-refractivity contribution >= 4 is 13.1 Å². The molecule has 0 amide bonds. The van der Waals surface area contributed by atoms with Gasteiger partial charge in [0.1, 0.15) is 0 Å². The smallest absolute Gasteiger partial charge is 0.773 e. The summed E-state index contributed by atoms with van der Waals surface area (Å²) in [6.45, 7) is 0. The maximum atomic E-state index is 11.2. The third-order valence-corrected chi connectivity index (χ3v) is 2.75. The molecule has 1 unspecified atom stereocenters. The molecule has 0 saturated carbocycles. The van der Waals surface area contributed by atoms with Crippen LogP contribution in [0, 0.1) is 0 Å². The quantitative estimate of drug-likeness (QED) is 0.425. The number of rotatable bonds is 3. The summed E-state index contributed by atoms with van der Waals surface area (Å²) < 4.78 is 15.1. The van der Waals surface area contributed by atoms with Gasteiger partial charge in [0.2, 0.25) is 13.1 Å². The van der Waals surface area contributed by atoms with E-state index in [0.29, 0.717) is 0 Å². The van der Waals surface area contributed by atoms with Gasteiger partial charge < -0.3 is 14.0 Å². The minimum absolute atomic E-state index is 0. The number of benzene rings is 1. The molecule has 0 saturated heterocycles. The largest absolute Gasteiger partial charge is 1.00 e. The number of carbonyl (C=O) groups is 1. The van der Waals surface area contributed by atoms with Gasteiger partial charge in [0, 0.05) is 12.7 Å². The van der Waals surface area contributed by atoms with Gasteiger partial charge in [-0.1, -0.05) is 30.3 Å². The Labute approximate surface area is 94.0 Å². The topological polar surface area (TPSA) is 66.4 Å². The fourth-order valence-electron chi connectivity index (χ4n) is 0.822. The van der Waals surface area contributed by atoms with Gasteiger partial charge in [0.05, 0.1) is 0 Å². The molecule has 4 nitrogen and oxygen atoms in total. The predicted molar refractivity (Wildman–Crippen MR) is 45.4 cm³/mol. The van der Waals surface area contributed by atoms with Crippen molar-refractivity contribution in [3.8, 4) is 0 Å². The molecular weight excluding hydrogens is 198 g/mol. The molecule has 0 N–H and O–H groups in total. The van der Waals surface area contributed by atoms with Crippen molar-refractivity contribution in [1.29, 1.82) is 0 Å². The van der Waals surface area contributed by atoms with E-state index in [1.807, 2.05) is 0 Å². The molecule has 0 fully saturated rings. The molecule has 0 spiro atoms. The van der Waals surface area contributed by atoms with Crippen LogP contribution in [0.3, 0.4) is 0 Å². The van der Waals surface area contributed by atoms with E-state index in [4.69, 9.17) is 0 Å². The molecular formula is C8H8LiO4P. The molecule has 0 bridgehead atoms. The average molecular weight is 206 g/mol. The van der Waals surface area contributed by atoms with Gasteiger partial charge in [-0.2, -0.15) is 0 Å². The third kappa shape index (κ3) is 3.09. The molecule has 1 rings (SSSR count). The zero-order valence-electron chi connectivity index (χ0n) is 7.97. The van der Waals surface area contributed by atoms with Crippen molar-refractivity contribution in [2.75, 3.05) is 7.11 Å². The fraction of sp³-hybridized carbons (Fsp3) is 0.125. The van der Waals surface area contributed by atoms with E-state index < -0.39 is 13.1 Å². The van der Waals surface area contributed by atoms with Gasteiger partial charge in [-0.25, -0.2) is 0 Å². The number of hydrogen-bond acceptors (Lipinski definition) is 4. The van der Waals surface area contributed by atoms with Crippen molar-refractivity contribution in [1.82, 2.24) is 0 Å².